The van der Waals surface area contributed by atoms with Crippen molar-refractivity contribution in [1.82, 2.24) is 0 Å². The average molecular weight is 369 g/mol. The van der Waals surface area contributed by atoms with Crippen LogP contribution in [0.2, 0.25) is 5.02 Å². The van der Waals surface area contributed by atoms with E-state index in [-0.39, 0.29) is 11.6 Å². The molecule has 0 saturated heterocycles. The molecular weight excluding hydrogens is 361 g/mol. The molecule has 0 unspecified atom stereocenters. The van der Waals surface area contributed by atoms with E-state index in [0.717, 1.165) is 0 Å². The first-order valence-electron chi connectivity index (χ1n) is 6.07. The number of halogens is 3. The first kappa shape index (κ1) is 14.2. The van der Waals surface area contributed by atoms with E-state index in [1.165, 1.54) is 23.1 Å². The van der Waals surface area contributed by atoms with Gasteiger partial charge in [-0.2, -0.15) is 0 Å². The second-order valence-electron chi connectivity index (χ2n) is 4.59. The molecule has 1 aliphatic heterocycles. The minimum absolute atomic E-state index is 0.110. The maximum atomic E-state index is 13.1. The molecule has 0 saturated carbocycles. The van der Waals surface area contributed by atoms with Crippen LogP contribution in [-0.4, -0.2) is 11.7 Å². The number of ketones is 1. The SMILES string of the molecule is O=C1C(=O)N(Cc2ccc(F)cc2Cl)c2c(Br)cccc21. The van der Waals surface area contributed by atoms with Crippen LogP contribution >= 0.6 is 27.5 Å². The Hall–Kier alpha value is -1.72. The average Bonchev–Trinajstić information content (AvgIpc) is 2.68. The lowest BCUT2D eigenvalue weighted by atomic mass is 10.1. The highest BCUT2D eigenvalue weighted by molar-refractivity contribution is 9.10. The summed E-state index contributed by atoms with van der Waals surface area (Å²) in [5.74, 6) is -1.61. The molecule has 106 valence electrons. The first-order valence-corrected chi connectivity index (χ1v) is 7.25. The Labute approximate surface area is 133 Å². The first-order chi connectivity index (χ1) is 9.99. The molecule has 1 amide bonds. The van der Waals surface area contributed by atoms with E-state index in [4.69, 9.17) is 11.6 Å². The van der Waals surface area contributed by atoms with Crippen molar-refractivity contribution in [3.8, 4) is 0 Å². The Bertz CT molecular complexity index is 778. The topological polar surface area (TPSA) is 37.4 Å². The van der Waals surface area contributed by atoms with Crippen LogP contribution in [0, 0.1) is 5.82 Å². The Morgan fingerprint density at radius 1 is 1.19 bits per heavy atom. The summed E-state index contributed by atoms with van der Waals surface area (Å²) < 4.78 is 13.7. The van der Waals surface area contributed by atoms with Crippen molar-refractivity contribution in [2.45, 2.75) is 6.54 Å². The monoisotopic (exact) mass is 367 g/mol. The van der Waals surface area contributed by atoms with Gasteiger partial charge in [0.25, 0.3) is 11.7 Å². The third-order valence-electron chi connectivity index (χ3n) is 3.28. The largest absolute Gasteiger partial charge is 0.299 e. The van der Waals surface area contributed by atoms with Crippen LogP contribution in [0.1, 0.15) is 15.9 Å². The van der Waals surface area contributed by atoms with Gasteiger partial charge in [-0.25, -0.2) is 4.39 Å². The molecule has 0 aromatic heterocycles. The molecule has 0 atom stereocenters. The lowest BCUT2D eigenvalue weighted by Crippen LogP contribution is -2.29. The van der Waals surface area contributed by atoms with E-state index in [0.29, 0.717) is 21.3 Å². The van der Waals surface area contributed by atoms with E-state index in [1.807, 2.05) is 0 Å². The van der Waals surface area contributed by atoms with Gasteiger partial charge in [0.15, 0.2) is 0 Å². The van der Waals surface area contributed by atoms with Gasteiger partial charge < -0.3 is 0 Å². The summed E-state index contributed by atoms with van der Waals surface area (Å²) in [6.45, 7) is 0.110. The molecule has 3 nitrogen and oxygen atoms in total. The molecule has 0 aliphatic carbocycles. The fourth-order valence-electron chi connectivity index (χ4n) is 2.28. The molecule has 6 heteroatoms. The molecule has 1 aliphatic rings. The number of para-hydroxylation sites is 1. The normalized spacial score (nSPS) is 13.8. The molecule has 0 fully saturated rings. The van der Waals surface area contributed by atoms with Gasteiger partial charge >= 0.3 is 0 Å². The molecule has 3 rings (SSSR count). The summed E-state index contributed by atoms with van der Waals surface area (Å²) in [4.78, 5) is 25.5. The molecule has 0 N–H and O–H groups in total. The number of carbonyl (C=O) groups excluding carboxylic acids is 2. The van der Waals surface area contributed by atoms with E-state index in [2.05, 4.69) is 15.9 Å². The molecule has 0 spiro atoms. The summed E-state index contributed by atoms with van der Waals surface area (Å²) in [5.41, 5.74) is 1.45. The van der Waals surface area contributed by atoms with Gasteiger partial charge in [0.1, 0.15) is 5.82 Å². The van der Waals surface area contributed by atoms with Gasteiger partial charge in [-0.1, -0.05) is 23.7 Å². The Balaban J connectivity index is 2.04. The minimum atomic E-state index is -0.614. The van der Waals surface area contributed by atoms with Crippen molar-refractivity contribution in [3.63, 3.8) is 0 Å². The summed E-state index contributed by atoms with van der Waals surface area (Å²) in [6.07, 6.45) is 0. The fraction of sp³-hybridized carbons (Fsp3) is 0.0667. The Morgan fingerprint density at radius 2 is 1.95 bits per heavy atom. The Morgan fingerprint density at radius 3 is 2.67 bits per heavy atom. The maximum Gasteiger partial charge on any atom is 0.299 e. The Kier molecular flexibility index (Phi) is 3.55. The third-order valence-corrected chi connectivity index (χ3v) is 4.28. The van der Waals surface area contributed by atoms with Crippen LogP contribution in [0.15, 0.2) is 40.9 Å². The molecule has 2 aromatic carbocycles. The molecular formula is C15H8BrClFNO2. The number of hydrogen-bond donors (Lipinski definition) is 0. The molecule has 0 bridgehead atoms. The van der Waals surface area contributed by atoms with Crippen molar-refractivity contribution in [1.29, 1.82) is 0 Å². The highest BCUT2D eigenvalue weighted by Crippen LogP contribution is 2.37. The van der Waals surface area contributed by atoms with E-state index in [1.54, 1.807) is 18.2 Å². The zero-order valence-electron chi connectivity index (χ0n) is 10.6. The number of hydrogen-bond acceptors (Lipinski definition) is 2. The standard InChI is InChI=1S/C15H8BrClFNO2/c16-11-3-1-2-10-13(11)19(15(21)14(10)20)7-8-4-5-9(18)6-12(8)17/h1-6H,7H2. The van der Waals surface area contributed by atoms with Crippen LogP contribution in [-0.2, 0) is 11.3 Å². The van der Waals surface area contributed by atoms with Crippen molar-refractivity contribution in [2.75, 3.05) is 4.90 Å². The molecule has 2 aromatic rings. The van der Waals surface area contributed by atoms with Crippen LogP contribution in [0.3, 0.4) is 0 Å². The van der Waals surface area contributed by atoms with Crippen molar-refractivity contribution in [3.05, 3.63) is 62.8 Å². The highest BCUT2D eigenvalue weighted by atomic mass is 79.9. The maximum absolute atomic E-state index is 13.1. The number of amides is 1. The number of benzene rings is 2. The zero-order chi connectivity index (χ0) is 15.1. The van der Waals surface area contributed by atoms with Crippen molar-refractivity contribution >= 4 is 44.9 Å². The number of nitrogens with zero attached hydrogens (tertiary/aromatic N) is 1. The van der Waals surface area contributed by atoms with Gasteiger partial charge in [-0.15, -0.1) is 0 Å². The fourth-order valence-corrected chi connectivity index (χ4v) is 3.09. The van der Waals surface area contributed by atoms with E-state index >= 15 is 0 Å². The van der Waals surface area contributed by atoms with E-state index < -0.39 is 17.5 Å². The lowest BCUT2D eigenvalue weighted by Gasteiger charge is -2.18. The zero-order valence-corrected chi connectivity index (χ0v) is 12.9. The predicted octanol–water partition coefficient (Wildman–Crippen LogP) is 3.97. The van der Waals surface area contributed by atoms with Gasteiger partial charge in [-0.3, -0.25) is 14.5 Å². The van der Waals surface area contributed by atoms with Gasteiger partial charge in [0, 0.05) is 9.50 Å². The van der Waals surface area contributed by atoms with Gasteiger partial charge in [-0.05, 0) is 45.8 Å². The number of rotatable bonds is 2. The van der Waals surface area contributed by atoms with Crippen molar-refractivity contribution < 1.29 is 14.0 Å². The van der Waals surface area contributed by atoms with Gasteiger partial charge in [0.2, 0.25) is 0 Å². The summed E-state index contributed by atoms with van der Waals surface area (Å²) in [5, 5.41) is 0.218. The van der Waals surface area contributed by atoms with Crippen LogP contribution in [0.5, 0.6) is 0 Å². The van der Waals surface area contributed by atoms with Crippen LogP contribution in [0.25, 0.3) is 0 Å². The second-order valence-corrected chi connectivity index (χ2v) is 5.85. The smallest absolute Gasteiger partial charge is 0.299 e. The van der Waals surface area contributed by atoms with Crippen LogP contribution < -0.4 is 4.90 Å². The van der Waals surface area contributed by atoms with Crippen LogP contribution in [0.4, 0.5) is 10.1 Å². The number of carbonyl (C=O) groups is 2. The van der Waals surface area contributed by atoms with Crippen molar-refractivity contribution in [2.24, 2.45) is 0 Å². The molecule has 21 heavy (non-hydrogen) atoms. The molecule has 0 radical (unpaired) electrons. The number of fused-ring (bicyclic) bond motifs is 1. The summed E-state index contributed by atoms with van der Waals surface area (Å²) >= 11 is 9.33. The quantitative estimate of drug-likeness (QED) is 0.752. The van der Waals surface area contributed by atoms with E-state index in [9.17, 15) is 14.0 Å². The summed E-state index contributed by atoms with van der Waals surface area (Å²) in [6, 6.07) is 9.01. The highest BCUT2D eigenvalue weighted by Gasteiger charge is 2.37. The van der Waals surface area contributed by atoms with Gasteiger partial charge in [0.05, 0.1) is 17.8 Å². The number of anilines is 1. The summed E-state index contributed by atoms with van der Waals surface area (Å²) in [7, 11) is 0. The lowest BCUT2D eigenvalue weighted by molar-refractivity contribution is -0.114. The number of Topliss-reactive ketones (excluding diaryl/α,β-unsaturated/α-hetero) is 1. The predicted molar refractivity (Wildman–Crippen MR) is 81.1 cm³/mol. The third kappa shape index (κ3) is 2.36. The molecule has 1 heterocycles. The minimum Gasteiger partial charge on any atom is -0.299 e. The second kappa shape index (κ2) is 5.24.